The van der Waals surface area contributed by atoms with Gasteiger partial charge in [0.2, 0.25) is 10.0 Å². The van der Waals surface area contributed by atoms with Gasteiger partial charge in [-0.3, -0.25) is 10.1 Å². The molecular formula is C19H20N4O5S. The van der Waals surface area contributed by atoms with Crippen molar-refractivity contribution in [2.24, 2.45) is 0 Å². The van der Waals surface area contributed by atoms with Gasteiger partial charge in [-0.05, 0) is 18.1 Å². The number of hydrogen-bond donors (Lipinski definition) is 2. The SMILES string of the molecule is CCC(NS(=O)(=O)c1cc([N+](=O)[O-])ccc1OC)c1ncc(-c2ccccc2)[nH]1. The van der Waals surface area contributed by atoms with Crippen LogP contribution in [0.5, 0.6) is 5.75 Å². The van der Waals surface area contributed by atoms with Crippen LogP contribution in [-0.2, 0) is 10.0 Å². The largest absolute Gasteiger partial charge is 0.495 e. The van der Waals surface area contributed by atoms with E-state index in [1.54, 1.807) is 6.20 Å². The average molecular weight is 416 g/mol. The van der Waals surface area contributed by atoms with Gasteiger partial charge in [0.05, 0.1) is 30.0 Å². The number of non-ortho nitro benzene ring substituents is 1. The lowest BCUT2D eigenvalue weighted by molar-refractivity contribution is -0.385. The Morgan fingerprint density at radius 2 is 1.97 bits per heavy atom. The molecule has 2 N–H and O–H groups in total. The van der Waals surface area contributed by atoms with Crippen molar-refractivity contribution in [1.29, 1.82) is 0 Å². The van der Waals surface area contributed by atoms with Crippen LogP contribution >= 0.6 is 0 Å². The summed E-state index contributed by atoms with van der Waals surface area (Å²) < 4.78 is 33.5. The lowest BCUT2D eigenvalue weighted by atomic mass is 10.2. The molecule has 3 rings (SSSR count). The molecule has 0 fully saturated rings. The van der Waals surface area contributed by atoms with Gasteiger partial charge in [-0.2, -0.15) is 0 Å². The summed E-state index contributed by atoms with van der Waals surface area (Å²) >= 11 is 0. The molecule has 0 aliphatic rings. The summed E-state index contributed by atoms with van der Waals surface area (Å²) in [5, 5.41) is 11.1. The van der Waals surface area contributed by atoms with Gasteiger partial charge in [-0.15, -0.1) is 0 Å². The number of imidazole rings is 1. The van der Waals surface area contributed by atoms with Gasteiger partial charge < -0.3 is 9.72 Å². The van der Waals surface area contributed by atoms with Gasteiger partial charge in [-0.25, -0.2) is 18.1 Å². The number of hydrogen-bond acceptors (Lipinski definition) is 6. The number of ether oxygens (including phenoxy) is 1. The molecule has 0 spiro atoms. The highest BCUT2D eigenvalue weighted by Gasteiger charge is 2.27. The van der Waals surface area contributed by atoms with Gasteiger partial charge in [0.1, 0.15) is 16.5 Å². The first-order chi connectivity index (χ1) is 13.9. The van der Waals surface area contributed by atoms with Gasteiger partial charge in [0.15, 0.2) is 0 Å². The topological polar surface area (TPSA) is 127 Å². The average Bonchev–Trinajstić information content (AvgIpc) is 3.22. The first-order valence-corrected chi connectivity index (χ1v) is 10.3. The third kappa shape index (κ3) is 4.44. The first kappa shape index (κ1) is 20.5. The van der Waals surface area contributed by atoms with Crippen LogP contribution in [0.25, 0.3) is 11.3 Å². The molecule has 1 aromatic heterocycles. The van der Waals surface area contributed by atoms with Crippen molar-refractivity contribution in [2.75, 3.05) is 7.11 Å². The zero-order chi connectivity index (χ0) is 21.0. The zero-order valence-corrected chi connectivity index (χ0v) is 16.6. The Morgan fingerprint density at radius 1 is 1.24 bits per heavy atom. The van der Waals surface area contributed by atoms with E-state index in [4.69, 9.17) is 4.74 Å². The molecule has 0 saturated heterocycles. The van der Waals surface area contributed by atoms with Crippen molar-refractivity contribution < 1.29 is 18.1 Å². The number of aromatic amines is 1. The summed E-state index contributed by atoms with van der Waals surface area (Å²) in [6.07, 6.45) is 2.05. The molecular weight excluding hydrogens is 396 g/mol. The van der Waals surface area contributed by atoms with E-state index in [0.29, 0.717) is 12.2 Å². The van der Waals surface area contributed by atoms with Crippen LogP contribution in [0.15, 0.2) is 59.6 Å². The predicted molar refractivity (Wildman–Crippen MR) is 107 cm³/mol. The van der Waals surface area contributed by atoms with Crippen LogP contribution in [0.2, 0.25) is 0 Å². The molecule has 1 heterocycles. The molecule has 0 saturated carbocycles. The minimum absolute atomic E-state index is 0.0161. The second-order valence-electron chi connectivity index (χ2n) is 6.22. The number of nitrogens with one attached hydrogen (secondary N) is 2. The summed E-state index contributed by atoms with van der Waals surface area (Å²) in [7, 11) is -2.81. The van der Waals surface area contributed by atoms with Crippen molar-refractivity contribution in [3.63, 3.8) is 0 Å². The van der Waals surface area contributed by atoms with Crippen molar-refractivity contribution >= 4 is 15.7 Å². The summed E-state index contributed by atoms with van der Waals surface area (Å²) in [4.78, 5) is 17.5. The third-order valence-electron chi connectivity index (χ3n) is 4.36. The van der Waals surface area contributed by atoms with Gasteiger partial charge in [-0.1, -0.05) is 37.3 Å². The highest BCUT2D eigenvalue weighted by Crippen LogP contribution is 2.30. The lowest BCUT2D eigenvalue weighted by Gasteiger charge is -2.16. The molecule has 10 heteroatoms. The normalized spacial score (nSPS) is 12.5. The van der Waals surface area contributed by atoms with Crippen molar-refractivity contribution in [3.8, 4) is 17.0 Å². The Bertz CT molecular complexity index is 1110. The van der Waals surface area contributed by atoms with E-state index in [1.807, 2.05) is 37.3 Å². The number of nitro groups is 1. The van der Waals surface area contributed by atoms with Crippen LogP contribution in [0.3, 0.4) is 0 Å². The molecule has 0 aliphatic carbocycles. The lowest BCUT2D eigenvalue weighted by Crippen LogP contribution is -2.29. The molecule has 0 amide bonds. The van der Waals surface area contributed by atoms with Crippen LogP contribution in [-0.4, -0.2) is 30.4 Å². The molecule has 1 unspecified atom stereocenters. The fourth-order valence-electron chi connectivity index (χ4n) is 2.85. The summed E-state index contributed by atoms with van der Waals surface area (Å²) in [6, 6.07) is 12.3. The second kappa shape index (κ2) is 8.41. The van der Waals surface area contributed by atoms with Crippen molar-refractivity contribution in [1.82, 2.24) is 14.7 Å². The Morgan fingerprint density at radius 3 is 2.59 bits per heavy atom. The number of methoxy groups -OCH3 is 1. The fourth-order valence-corrected chi connectivity index (χ4v) is 4.32. The molecule has 9 nitrogen and oxygen atoms in total. The number of nitrogens with zero attached hydrogens (tertiary/aromatic N) is 2. The minimum atomic E-state index is -4.11. The maximum absolute atomic E-state index is 13.0. The predicted octanol–water partition coefficient (Wildman–Crippen LogP) is 3.42. The quantitative estimate of drug-likeness (QED) is 0.428. The van der Waals surface area contributed by atoms with Crippen LogP contribution in [0, 0.1) is 10.1 Å². The Kier molecular flexibility index (Phi) is 5.95. The molecule has 152 valence electrons. The Balaban J connectivity index is 1.92. The number of benzene rings is 2. The van der Waals surface area contributed by atoms with E-state index in [2.05, 4.69) is 14.7 Å². The summed E-state index contributed by atoms with van der Waals surface area (Å²) in [5.41, 5.74) is 1.33. The van der Waals surface area contributed by atoms with Gasteiger partial charge >= 0.3 is 0 Å². The molecule has 0 bridgehead atoms. The van der Waals surface area contributed by atoms with Crippen molar-refractivity contribution in [2.45, 2.75) is 24.3 Å². The molecule has 29 heavy (non-hydrogen) atoms. The molecule has 3 aromatic rings. The third-order valence-corrected chi connectivity index (χ3v) is 5.86. The zero-order valence-electron chi connectivity index (χ0n) is 15.8. The first-order valence-electron chi connectivity index (χ1n) is 8.80. The van der Waals surface area contributed by atoms with E-state index in [1.165, 1.54) is 19.2 Å². The highest BCUT2D eigenvalue weighted by atomic mass is 32.2. The second-order valence-corrected chi connectivity index (χ2v) is 7.90. The summed E-state index contributed by atoms with van der Waals surface area (Å²) in [6.45, 7) is 1.81. The standard InChI is InChI=1S/C19H20N4O5S/c1-3-15(19-20-12-16(21-19)13-7-5-4-6-8-13)22-29(26,27)18-11-14(23(24)25)9-10-17(18)28-2/h4-12,15,22H,3H2,1-2H3,(H,20,21). The highest BCUT2D eigenvalue weighted by molar-refractivity contribution is 7.89. The van der Waals surface area contributed by atoms with E-state index in [0.717, 1.165) is 17.3 Å². The minimum Gasteiger partial charge on any atom is -0.495 e. The number of rotatable bonds is 8. The number of sulfonamides is 1. The Hall–Kier alpha value is -3.24. The molecule has 0 aliphatic heterocycles. The fraction of sp³-hybridized carbons (Fsp3) is 0.211. The summed E-state index contributed by atoms with van der Waals surface area (Å²) in [5.74, 6) is 0.460. The number of nitro benzene ring substituents is 1. The monoisotopic (exact) mass is 416 g/mol. The van der Waals surface area contributed by atoms with Gasteiger partial charge in [0, 0.05) is 12.1 Å². The molecule has 1 atom stereocenters. The van der Waals surface area contributed by atoms with Crippen LogP contribution < -0.4 is 9.46 Å². The smallest absolute Gasteiger partial charge is 0.271 e. The van der Waals surface area contributed by atoms with E-state index >= 15 is 0 Å². The van der Waals surface area contributed by atoms with E-state index < -0.39 is 21.0 Å². The van der Waals surface area contributed by atoms with E-state index in [-0.39, 0.29) is 16.3 Å². The van der Waals surface area contributed by atoms with Crippen LogP contribution in [0.1, 0.15) is 25.2 Å². The Labute approximate surface area is 168 Å². The molecule has 0 radical (unpaired) electrons. The van der Waals surface area contributed by atoms with E-state index in [9.17, 15) is 18.5 Å². The number of H-pyrrole nitrogens is 1. The maximum atomic E-state index is 13.0. The number of aromatic nitrogens is 2. The van der Waals surface area contributed by atoms with Gasteiger partial charge in [0.25, 0.3) is 5.69 Å². The van der Waals surface area contributed by atoms with Crippen molar-refractivity contribution in [3.05, 3.63) is 70.7 Å². The maximum Gasteiger partial charge on any atom is 0.271 e. The molecule has 2 aromatic carbocycles. The van der Waals surface area contributed by atoms with Crippen LogP contribution in [0.4, 0.5) is 5.69 Å².